The number of sulfonamides is 1. The van der Waals surface area contributed by atoms with Crippen molar-refractivity contribution in [3.05, 3.63) is 22.4 Å². The van der Waals surface area contributed by atoms with Crippen LogP contribution in [0.25, 0.3) is 0 Å². The van der Waals surface area contributed by atoms with Crippen molar-refractivity contribution >= 4 is 33.2 Å². The molecule has 5 nitrogen and oxygen atoms in total. The molecule has 8 heteroatoms. The molecule has 0 unspecified atom stereocenters. The third kappa shape index (κ3) is 3.86. The van der Waals surface area contributed by atoms with Crippen LogP contribution >= 0.6 is 23.2 Å². The molecule has 0 radical (unpaired) electrons. The Labute approximate surface area is 134 Å². The number of aromatic nitrogens is 1. The third-order valence-electron chi connectivity index (χ3n) is 3.58. The molecular formula is C13H15Cl2N3O2S. The number of pyridine rings is 1. The zero-order valence-electron chi connectivity index (χ0n) is 11.3. The summed E-state index contributed by atoms with van der Waals surface area (Å²) in [6.45, 7) is 0. The van der Waals surface area contributed by atoms with E-state index in [-0.39, 0.29) is 15.1 Å². The minimum Gasteiger partial charge on any atom is -0.242 e. The summed E-state index contributed by atoms with van der Waals surface area (Å²) in [5, 5.41) is 9.54. The molecule has 1 aromatic heterocycles. The molecule has 0 atom stereocenters. The van der Waals surface area contributed by atoms with Crippen molar-refractivity contribution in [1.29, 1.82) is 5.26 Å². The second-order valence-corrected chi connectivity index (χ2v) is 7.60. The van der Waals surface area contributed by atoms with Gasteiger partial charge in [-0.05, 0) is 18.9 Å². The monoisotopic (exact) mass is 347 g/mol. The van der Waals surface area contributed by atoms with Crippen LogP contribution < -0.4 is 4.72 Å². The molecule has 1 aliphatic rings. The van der Waals surface area contributed by atoms with Crippen LogP contribution in [0, 0.1) is 11.3 Å². The van der Waals surface area contributed by atoms with Crippen LogP contribution in [0.15, 0.2) is 17.2 Å². The number of nitrogens with zero attached hydrogens (tertiary/aromatic N) is 2. The van der Waals surface area contributed by atoms with Crippen LogP contribution in [0.4, 0.5) is 0 Å². The molecule has 1 aromatic rings. The Morgan fingerprint density at radius 2 is 1.86 bits per heavy atom. The van der Waals surface area contributed by atoms with Gasteiger partial charge >= 0.3 is 0 Å². The van der Waals surface area contributed by atoms with Gasteiger partial charge in [-0.3, -0.25) is 0 Å². The highest BCUT2D eigenvalue weighted by Crippen LogP contribution is 2.29. The van der Waals surface area contributed by atoms with Crippen molar-refractivity contribution < 1.29 is 8.42 Å². The van der Waals surface area contributed by atoms with Gasteiger partial charge in [0.1, 0.15) is 15.6 Å². The number of nitriles is 1. The molecule has 0 bridgehead atoms. The lowest BCUT2D eigenvalue weighted by Gasteiger charge is -2.25. The van der Waals surface area contributed by atoms with Crippen molar-refractivity contribution in [2.45, 2.75) is 49.0 Å². The first-order valence-corrected chi connectivity index (χ1v) is 8.89. The van der Waals surface area contributed by atoms with Crippen molar-refractivity contribution in [3.63, 3.8) is 0 Å². The van der Waals surface area contributed by atoms with E-state index in [1.54, 1.807) is 0 Å². The first-order chi connectivity index (χ1) is 9.88. The molecule has 1 heterocycles. The Morgan fingerprint density at radius 3 is 2.38 bits per heavy atom. The average molecular weight is 348 g/mol. The maximum Gasteiger partial charge on any atom is 0.243 e. The first-order valence-electron chi connectivity index (χ1n) is 6.65. The number of nitrogens with one attached hydrogen (secondary N) is 1. The summed E-state index contributed by atoms with van der Waals surface area (Å²) in [6, 6.07) is 3.38. The van der Waals surface area contributed by atoms with E-state index in [2.05, 4.69) is 15.8 Å². The highest BCUT2D eigenvalue weighted by molar-refractivity contribution is 7.89. The molecule has 21 heavy (non-hydrogen) atoms. The molecule has 1 N–H and O–H groups in total. The number of rotatable bonds is 3. The molecule has 1 fully saturated rings. The van der Waals surface area contributed by atoms with E-state index >= 15 is 0 Å². The van der Waals surface area contributed by atoms with E-state index in [0.29, 0.717) is 12.8 Å². The lowest BCUT2D eigenvalue weighted by Crippen LogP contribution is -2.46. The summed E-state index contributed by atoms with van der Waals surface area (Å²) in [5.74, 6) is 0. The average Bonchev–Trinajstić information content (AvgIpc) is 2.67. The predicted octanol–water partition coefficient (Wildman–Crippen LogP) is 3.28. The van der Waals surface area contributed by atoms with E-state index in [9.17, 15) is 13.7 Å². The Balaban J connectivity index is 2.30. The standard InChI is InChI=1S/C13H15Cl2N3O2S/c14-11-7-10(8-17-12(11)15)21(19,20)18-13(9-16)5-3-1-2-4-6-13/h7-8,18H,1-6H2. The van der Waals surface area contributed by atoms with Crippen LogP contribution in [-0.2, 0) is 10.0 Å². The van der Waals surface area contributed by atoms with Gasteiger partial charge in [-0.2, -0.15) is 9.98 Å². The van der Waals surface area contributed by atoms with Gasteiger partial charge in [-0.15, -0.1) is 0 Å². The maximum atomic E-state index is 12.4. The van der Waals surface area contributed by atoms with Crippen LogP contribution in [0.5, 0.6) is 0 Å². The van der Waals surface area contributed by atoms with Crippen LogP contribution in [0.2, 0.25) is 10.2 Å². The number of hydrogen-bond donors (Lipinski definition) is 1. The Bertz CT molecular complexity index is 662. The quantitative estimate of drug-likeness (QED) is 0.671. The van der Waals surface area contributed by atoms with Crippen molar-refractivity contribution in [2.24, 2.45) is 0 Å². The van der Waals surface area contributed by atoms with Crippen LogP contribution in [0.1, 0.15) is 38.5 Å². The normalized spacial score (nSPS) is 18.7. The van der Waals surface area contributed by atoms with E-state index in [0.717, 1.165) is 31.9 Å². The Kier molecular flexibility index (Phi) is 5.10. The van der Waals surface area contributed by atoms with Crippen molar-refractivity contribution in [3.8, 4) is 6.07 Å². The van der Waals surface area contributed by atoms with Gasteiger partial charge < -0.3 is 0 Å². The molecular weight excluding hydrogens is 333 g/mol. The largest absolute Gasteiger partial charge is 0.243 e. The van der Waals surface area contributed by atoms with Gasteiger partial charge in [0, 0.05) is 6.20 Å². The molecule has 0 aromatic carbocycles. The molecule has 114 valence electrons. The van der Waals surface area contributed by atoms with Gasteiger partial charge in [0.2, 0.25) is 10.0 Å². The molecule has 0 spiro atoms. The topological polar surface area (TPSA) is 82.9 Å². The summed E-state index contributed by atoms with van der Waals surface area (Å²) < 4.78 is 27.4. The fraction of sp³-hybridized carbons (Fsp3) is 0.538. The summed E-state index contributed by atoms with van der Waals surface area (Å²) in [7, 11) is -3.86. The summed E-state index contributed by atoms with van der Waals surface area (Å²) in [5.41, 5.74) is -1.05. The Morgan fingerprint density at radius 1 is 1.24 bits per heavy atom. The lowest BCUT2D eigenvalue weighted by molar-refractivity contribution is 0.422. The van der Waals surface area contributed by atoms with E-state index in [1.807, 2.05) is 0 Å². The van der Waals surface area contributed by atoms with Gasteiger partial charge in [0.25, 0.3) is 0 Å². The van der Waals surface area contributed by atoms with Crippen molar-refractivity contribution in [2.75, 3.05) is 0 Å². The fourth-order valence-electron chi connectivity index (χ4n) is 2.44. The number of hydrogen-bond acceptors (Lipinski definition) is 4. The van der Waals surface area contributed by atoms with Crippen LogP contribution in [-0.4, -0.2) is 18.9 Å². The van der Waals surface area contributed by atoms with Crippen molar-refractivity contribution in [1.82, 2.24) is 9.71 Å². The predicted molar refractivity (Wildman–Crippen MR) is 80.6 cm³/mol. The highest BCUT2D eigenvalue weighted by Gasteiger charge is 2.36. The van der Waals surface area contributed by atoms with E-state index < -0.39 is 15.6 Å². The van der Waals surface area contributed by atoms with Gasteiger partial charge in [0.05, 0.1) is 11.1 Å². The van der Waals surface area contributed by atoms with Crippen LogP contribution in [0.3, 0.4) is 0 Å². The summed E-state index contributed by atoms with van der Waals surface area (Å²) >= 11 is 11.5. The minimum absolute atomic E-state index is 0.0417. The van der Waals surface area contributed by atoms with Gasteiger partial charge in [-0.25, -0.2) is 13.4 Å². The lowest BCUT2D eigenvalue weighted by atomic mass is 9.94. The summed E-state index contributed by atoms with van der Waals surface area (Å²) in [4.78, 5) is 3.65. The van der Waals surface area contributed by atoms with E-state index in [1.165, 1.54) is 6.07 Å². The maximum absolute atomic E-state index is 12.4. The number of halogens is 2. The third-order valence-corrected chi connectivity index (χ3v) is 5.77. The summed E-state index contributed by atoms with van der Waals surface area (Å²) in [6.07, 6.45) is 5.84. The zero-order valence-corrected chi connectivity index (χ0v) is 13.6. The minimum atomic E-state index is -3.86. The SMILES string of the molecule is N#CC1(NS(=O)(=O)c2cnc(Cl)c(Cl)c2)CCCCCC1. The molecule has 0 saturated heterocycles. The highest BCUT2D eigenvalue weighted by atomic mass is 35.5. The van der Waals surface area contributed by atoms with Gasteiger partial charge in [0.15, 0.2) is 0 Å². The fourth-order valence-corrected chi connectivity index (χ4v) is 4.12. The van der Waals surface area contributed by atoms with Gasteiger partial charge in [-0.1, -0.05) is 48.9 Å². The molecule has 1 saturated carbocycles. The second kappa shape index (κ2) is 6.49. The molecule has 1 aliphatic carbocycles. The molecule has 0 amide bonds. The zero-order chi connectivity index (χ0) is 15.5. The smallest absolute Gasteiger partial charge is 0.242 e. The second-order valence-electron chi connectivity index (χ2n) is 5.16. The Hall–Kier alpha value is -0.870. The molecule has 0 aliphatic heterocycles. The van der Waals surface area contributed by atoms with E-state index in [4.69, 9.17) is 23.2 Å². The molecule has 2 rings (SSSR count). The first kappa shape index (κ1) is 16.5.